The summed E-state index contributed by atoms with van der Waals surface area (Å²) >= 11 is 0. The van der Waals surface area contributed by atoms with Crippen molar-refractivity contribution in [3.05, 3.63) is 60.3 Å². The Morgan fingerprint density at radius 3 is 2.67 bits per heavy atom. The number of benzene rings is 2. The first-order valence-corrected chi connectivity index (χ1v) is 5.72. The van der Waals surface area contributed by atoms with Crippen LogP contribution in [-0.2, 0) is 0 Å². The highest BCUT2D eigenvalue weighted by molar-refractivity contribution is 5.86. The molecule has 0 bridgehead atoms. The third kappa shape index (κ3) is 1.74. The number of hydrogen-bond acceptors (Lipinski definition) is 2. The zero-order valence-electron chi connectivity index (χ0n) is 9.89. The molecule has 0 radical (unpaired) electrons. The summed E-state index contributed by atoms with van der Waals surface area (Å²) in [6.45, 7) is 1.93. The van der Waals surface area contributed by atoms with E-state index in [2.05, 4.69) is 9.97 Å². The second-order valence-electron chi connectivity index (χ2n) is 4.17. The van der Waals surface area contributed by atoms with E-state index < -0.39 is 0 Å². The lowest BCUT2D eigenvalue weighted by Crippen LogP contribution is -1.89. The van der Waals surface area contributed by atoms with Gasteiger partial charge in [0, 0.05) is 16.6 Å². The molecule has 0 atom stereocenters. The SMILES string of the molecule is Cc1ncnc2ccc(-c3ccccc3F)cc12. The van der Waals surface area contributed by atoms with Crippen LogP contribution in [0, 0.1) is 12.7 Å². The van der Waals surface area contributed by atoms with Gasteiger partial charge in [-0.05, 0) is 30.7 Å². The van der Waals surface area contributed by atoms with Crippen LogP contribution in [0.5, 0.6) is 0 Å². The highest BCUT2D eigenvalue weighted by Crippen LogP contribution is 2.26. The zero-order chi connectivity index (χ0) is 12.5. The van der Waals surface area contributed by atoms with Crippen LogP contribution in [0.3, 0.4) is 0 Å². The Hall–Kier alpha value is -2.29. The highest BCUT2D eigenvalue weighted by atomic mass is 19.1. The van der Waals surface area contributed by atoms with E-state index in [1.807, 2.05) is 31.2 Å². The Labute approximate surface area is 104 Å². The topological polar surface area (TPSA) is 25.8 Å². The maximum Gasteiger partial charge on any atom is 0.131 e. The molecule has 0 aliphatic heterocycles. The van der Waals surface area contributed by atoms with Crippen molar-refractivity contribution in [1.82, 2.24) is 9.97 Å². The van der Waals surface area contributed by atoms with Gasteiger partial charge < -0.3 is 0 Å². The van der Waals surface area contributed by atoms with E-state index in [-0.39, 0.29) is 5.82 Å². The maximum atomic E-state index is 13.7. The molecule has 0 unspecified atom stereocenters. The molecule has 3 aromatic rings. The molecule has 0 fully saturated rings. The Bertz CT molecular complexity index is 723. The van der Waals surface area contributed by atoms with Gasteiger partial charge in [-0.15, -0.1) is 0 Å². The monoisotopic (exact) mass is 238 g/mol. The Morgan fingerprint density at radius 1 is 1.00 bits per heavy atom. The molecule has 18 heavy (non-hydrogen) atoms. The standard InChI is InChI=1S/C15H11FN2/c1-10-13-8-11(6-7-15(13)18-9-17-10)12-4-2-3-5-14(12)16/h2-9H,1H3. The molecule has 3 heteroatoms. The summed E-state index contributed by atoms with van der Waals surface area (Å²) in [5.41, 5.74) is 3.22. The Balaban J connectivity index is 2.26. The summed E-state index contributed by atoms with van der Waals surface area (Å²) < 4.78 is 13.7. The molecular formula is C15H11FN2. The van der Waals surface area contributed by atoms with E-state index in [1.54, 1.807) is 18.5 Å². The molecule has 2 aromatic carbocycles. The van der Waals surface area contributed by atoms with Gasteiger partial charge in [0.1, 0.15) is 12.1 Å². The largest absolute Gasteiger partial charge is 0.241 e. The van der Waals surface area contributed by atoms with Crippen LogP contribution in [0.4, 0.5) is 4.39 Å². The van der Waals surface area contributed by atoms with Crippen LogP contribution in [0.1, 0.15) is 5.69 Å². The number of rotatable bonds is 1. The molecule has 88 valence electrons. The molecule has 0 amide bonds. The van der Waals surface area contributed by atoms with Crippen molar-refractivity contribution in [3.63, 3.8) is 0 Å². The molecule has 3 rings (SSSR count). The maximum absolute atomic E-state index is 13.7. The number of halogens is 1. The zero-order valence-corrected chi connectivity index (χ0v) is 9.89. The first-order chi connectivity index (χ1) is 8.75. The van der Waals surface area contributed by atoms with Gasteiger partial charge in [-0.25, -0.2) is 14.4 Å². The molecule has 0 saturated heterocycles. The number of fused-ring (bicyclic) bond motifs is 1. The van der Waals surface area contributed by atoms with Gasteiger partial charge in [-0.1, -0.05) is 24.3 Å². The number of hydrogen-bond donors (Lipinski definition) is 0. The lowest BCUT2D eigenvalue weighted by atomic mass is 10.0. The minimum absolute atomic E-state index is 0.216. The summed E-state index contributed by atoms with van der Waals surface area (Å²) in [7, 11) is 0. The van der Waals surface area contributed by atoms with E-state index in [9.17, 15) is 4.39 Å². The lowest BCUT2D eigenvalue weighted by Gasteiger charge is -2.06. The van der Waals surface area contributed by atoms with Crippen molar-refractivity contribution in [2.24, 2.45) is 0 Å². The van der Waals surface area contributed by atoms with Gasteiger partial charge in [0.25, 0.3) is 0 Å². The third-order valence-electron chi connectivity index (χ3n) is 3.02. The Kier molecular flexibility index (Phi) is 2.52. The normalized spacial score (nSPS) is 10.8. The predicted octanol–water partition coefficient (Wildman–Crippen LogP) is 3.74. The van der Waals surface area contributed by atoms with E-state index >= 15 is 0 Å². The molecule has 0 aliphatic carbocycles. The van der Waals surface area contributed by atoms with E-state index in [1.165, 1.54) is 6.07 Å². The van der Waals surface area contributed by atoms with Crippen molar-refractivity contribution in [1.29, 1.82) is 0 Å². The second-order valence-corrected chi connectivity index (χ2v) is 4.17. The molecular weight excluding hydrogens is 227 g/mol. The number of nitrogens with zero attached hydrogens (tertiary/aromatic N) is 2. The minimum Gasteiger partial charge on any atom is -0.241 e. The fourth-order valence-corrected chi connectivity index (χ4v) is 2.05. The van der Waals surface area contributed by atoms with Crippen LogP contribution in [0.15, 0.2) is 48.8 Å². The molecule has 0 aliphatic rings. The fraction of sp³-hybridized carbons (Fsp3) is 0.0667. The third-order valence-corrected chi connectivity index (χ3v) is 3.02. The fourth-order valence-electron chi connectivity index (χ4n) is 2.05. The molecule has 0 saturated carbocycles. The van der Waals surface area contributed by atoms with E-state index in [0.29, 0.717) is 5.56 Å². The van der Waals surface area contributed by atoms with Gasteiger partial charge in [0.2, 0.25) is 0 Å². The molecule has 0 N–H and O–H groups in total. The smallest absolute Gasteiger partial charge is 0.131 e. The number of aromatic nitrogens is 2. The summed E-state index contributed by atoms with van der Waals surface area (Å²) in [4.78, 5) is 8.35. The van der Waals surface area contributed by atoms with Gasteiger partial charge >= 0.3 is 0 Å². The lowest BCUT2D eigenvalue weighted by molar-refractivity contribution is 0.631. The van der Waals surface area contributed by atoms with Crippen LogP contribution in [0.2, 0.25) is 0 Å². The molecule has 1 heterocycles. The van der Waals surface area contributed by atoms with Crippen molar-refractivity contribution in [2.75, 3.05) is 0 Å². The highest BCUT2D eigenvalue weighted by Gasteiger charge is 2.06. The average Bonchev–Trinajstić information content (AvgIpc) is 2.40. The molecule has 2 nitrogen and oxygen atoms in total. The first kappa shape index (κ1) is 10.8. The summed E-state index contributed by atoms with van der Waals surface area (Å²) in [6, 6.07) is 12.5. The molecule has 1 aromatic heterocycles. The van der Waals surface area contributed by atoms with Crippen molar-refractivity contribution >= 4 is 10.9 Å². The van der Waals surface area contributed by atoms with Gasteiger partial charge in [-0.3, -0.25) is 0 Å². The van der Waals surface area contributed by atoms with E-state index in [4.69, 9.17) is 0 Å². The van der Waals surface area contributed by atoms with E-state index in [0.717, 1.165) is 22.2 Å². The summed E-state index contributed by atoms with van der Waals surface area (Å²) in [6.07, 6.45) is 1.54. The van der Waals surface area contributed by atoms with Gasteiger partial charge in [-0.2, -0.15) is 0 Å². The summed E-state index contributed by atoms with van der Waals surface area (Å²) in [5.74, 6) is -0.216. The number of aryl methyl sites for hydroxylation is 1. The van der Waals surface area contributed by atoms with Crippen molar-refractivity contribution < 1.29 is 4.39 Å². The predicted molar refractivity (Wildman–Crippen MR) is 69.7 cm³/mol. The molecule has 0 spiro atoms. The van der Waals surface area contributed by atoms with Crippen LogP contribution >= 0.6 is 0 Å². The summed E-state index contributed by atoms with van der Waals surface area (Å²) in [5, 5.41) is 0.957. The quantitative estimate of drug-likeness (QED) is 0.645. The second kappa shape index (κ2) is 4.18. The Morgan fingerprint density at radius 2 is 1.83 bits per heavy atom. The first-order valence-electron chi connectivity index (χ1n) is 5.72. The van der Waals surface area contributed by atoms with Crippen molar-refractivity contribution in [2.45, 2.75) is 6.92 Å². The van der Waals surface area contributed by atoms with Crippen LogP contribution < -0.4 is 0 Å². The van der Waals surface area contributed by atoms with Crippen LogP contribution in [0.25, 0.3) is 22.0 Å². The minimum atomic E-state index is -0.216. The average molecular weight is 238 g/mol. The van der Waals surface area contributed by atoms with Crippen molar-refractivity contribution in [3.8, 4) is 11.1 Å². The van der Waals surface area contributed by atoms with Gasteiger partial charge in [0.15, 0.2) is 0 Å². The van der Waals surface area contributed by atoms with Gasteiger partial charge in [0.05, 0.1) is 5.52 Å². The van der Waals surface area contributed by atoms with Crippen LogP contribution in [-0.4, -0.2) is 9.97 Å².